The van der Waals surface area contributed by atoms with Gasteiger partial charge in [-0.05, 0) is 125 Å². The Labute approximate surface area is 427 Å². The first-order valence-electron chi connectivity index (χ1n) is 26.9. The van der Waals surface area contributed by atoms with Crippen molar-refractivity contribution < 1.29 is 28.8 Å². The number of hydrogen-bond donors (Lipinski definition) is 4. The summed E-state index contributed by atoms with van der Waals surface area (Å²) in [6.45, 7) is 7.87. The molecule has 2 aromatic rings. The van der Waals surface area contributed by atoms with Crippen molar-refractivity contribution in [3.05, 3.63) is 69.7 Å². The second-order valence-electron chi connectivity index (χ2n) is 21.6. The van der Waals surface area contributed by atoms with Crippen LogP contribution in [0.3, 0.4) is 0 Å². The first kappa shape index (κ1) is 53.9. The molecule has 2 aromatic carbocycles. The molecule has 12 nitrogen and oxygen atoms in total. The monoisotopic (exact) mass is 1000 g/mol. The van der Waals surface area contributed by atoms with E-state index >= 15 is 0 Å². The van der Waals surface area contributed by atoms with Crippen LogP contribution in [0.5, 0.6) is 0 Å². The van der Waals surface area contributed by atoms with Gasteiger partial charge >= 0.3 is 0 Å². The van der Waals surface area contributed by atoms with Crippen LogP contribution < -0.4 is 21.3 Å². The maximum atomic E-state index is 13.7. The van der Waals surface area contributed by atoms with Crippen LogP contribution in [-0.4, -0.2) is 109 Å². The van der Waals surface area contributed by atoms with Crippen LogP contribution >= 0.6 is 23.2 Å². The fourth-order valence-corrected chi connectivity index (χ4v) is 13.2. The summed E-state index contributed by atoms with van der Waals surface area (Å²) >= 11 is 12.1. The number of nitrogens with zero attached hydrogens (tertiary/aromatic N) is 2. The molecule has 0 radical (unpaired) electrons. The van der Waals surface area contributed by atoms with Gasteiger partial charge in [-0.3, -0.25) is 28.8 Å². The number of rotatable bonds is 14. The van der Waals surface area contributed by atoms with E-state index in [2.05, 4.69) is 21.3 Å². The fourth-order valence-electron chi connectivity index (χ4n) is 13.0. The molecule has 0 spiro atoms. The van der Waals surface area contributed by atoms with Gasteiger partial charge in [-0.15, -0.1) is 0 Å². The Balaban J connectivity index is 0.000000206. The molecular weight excluding hydrogens is 924 g/mol. The van der Waals surface area contributed by atoms with E-state index in [9.17, 15) is 28.8 Å². The zero-order chi connectivity index (χ0) is 49.7. The smallest absolute Gasteiger partial charge is 0.245 e. The van der Waals surface area contributed by atoms with E-state index in [-0.39, 0.29) is 52.2 Å². The molecule has 3 saturated heterocycles. The SMILES string of the molecule is CC(=O)C1(C2CCCCC2)CCN(C(=O)[C@@H](Cc2ccc(Cl)cc2)NC(=O)C2CCCCC2)CC1.CC(=O)C1(C2CCCCC2)CCN(C(=O)[C@@H](Cc2ccc(Cl)cc2)NC(=O)[C@@H]2CNCCN2)CC1. The number of piperazine rings is 1. The van der Waals surface area contributed by atoms with Gasteiger partial charge in [0.1, 0.15) is 23.7 Å². The van der Waals surface area contributed by atoms with Crippen molar-refractivity contribution in [2.75, 3.05) is 45.8 Å². The number of amides is 4. The Hall–Kier alpha value is -3.84. The number of nitrogens with one attached hydrogen (secondary N) is 4. The Morgan fingerprint density at radius 2 is 0.943 bits per heavy atom. The van der Waals surface area contributed by atoms with Crippen LogP contribution in [0.2, 0.25) is 10.0 Å². The molecule has 6 fully saturated rings. The van der Waals surface area contributed by atoms with Crippen LogP contribution in [0, 0.1) is 28.6 Å². The molecule has 3 aliphatic heterocycles. The third-order valence-electron chi connectivity index (χ3n) is 17.4. The van der Waals surface area contributed by atoms with Gasteiger partial charge < -0.3 is 31.1 Å². The molecule has 4 N–H and O–H groups in total. The summed E-state index contributed by atoms with van der Waals surface area (Å²) in [4.78, 5) is 83.0. The van der Waals surface area contributed by atoms with Gasteiger partial charge in [-0.2, -0.15) is 0 Å². The molecule has 3 aliphatic carbocycles. The lowest BCUT2D eigenvalue weighted by Crippen LogP contribution is -2.60. The Bertz CT molecular complexity index is 1910. The average molecular weight is 1000 g/mol. The first-order chi connectivity index (χ1) is 33.8. The summed E-state index contributed by atoms with van der Waals surface area (Å²) in [5.41, 5.74) is 1.34. The van der Waals surface area contributed by atoms with Crippen LogP contribution in [0.4, 0.5) is 0 Å². The summed E-state index contributed by atoms with van der Waals surface area (Å²) in [6.07, 6.45) is 20.7. The standard InChI is InChI=1S/C29H41ClN2O3.C27H39ClN4O3/c1-21(33)29(24-10-6-3-7-11-24)16-18-32(19-17-29)28(35)26(20-22-12-14-25(30)15-13-22)31-27(34)23-8-4-2-5-9-23;1-19(33)27(21-5-3-2-4-6-21)11-15-32(16-12-27)26(35)23(17-20-7-9-22(28)10-8-20)31-25(34)24-18-29-13-14-30-24/h12-15,23-24,26H,2-11,16-20H2,1H3,(H,31,34);7-10,21,23-24,29-30H,2-6,11-18H2,1H3,(H,31,34)/t26-;23-,24+/m11/s1. The first-order valence-corrected chi connectivity index (χ1v) is 27.7. The number of piperidine rings is 2. The average Bonchev–Trinajstić information content (AvgIpc) is 3.40. The van der Waals surface area contributed by atoms with Crippen molar-refractivity contribution in [2.24, 2.45) is 28.6 Å². The number of hydrogen-bond acceptors (Lipinski definition) is 8. The quantitative estimate of drug-likeness (QED) is 0.147. The van der Waals surface area contributed by atoms with Crippen LogP contribution in [0.25, 0.3) is 0 Å². The Morgan fingerprint density at radius 1 is 0.557 bits per heavy atom. The molecule has 0 unspecified atom stereocenters. The minimum absolute atomic E-state index is 0.00212. The maximum Gasteiger partial charge on any atom is 0.245 e. The topological polar surface area (TPSA) is 157 Å². The molecule has 384 valence electrons. The van der Waals surface area contributed by atoms with Gasteiger partial charge in [0.25, 0.3) is 0 Å². The molecule has 3 heterocycles. The lowest BCUT2D eigenvalue weighted by Gasteiger charge is -2.47. The van der Waals surface area contributed by atoms with Gasteiger partial charge in [-0.1, -0.05) is 105 Å². The van der Waals surface area contributed by atoms with Gasteiger partial charge in [-0.25, -0.2) is 0 Å². The van der Waals surface area contributed by atoms with E-state index < -0.39 is 12.1 Å². The summed E-state index contributed by atoms with van der Waals surface area (Å²) in [5, 5.41) is 13.9. The molecule has 14 heteroatoms. The molecule has 70 heavy (non-hydrogen) atoms. The van der Waals surface area contributed by atoms with Crippen molar-refractivity contribution in [1.82, 2.24) is 31.1 Å². The second kappa shape index (κ2) is 25.7. The zero-order valence-electron chi connectivity index (χ0n) is 42.0. The number of carbonyl (C=O) groups excluding carboxylic acids is 6. The summed E-state index contributed by atoms with van der Waals surface area (Å²) in [5.74, 6) is 1.20. The van der Waals surface area contributed by atoms with Crippen molar-refractivity contribution in [1.29, 1.82) is 0 Å². The van der Waals surface area contributed by atoms with Crippen molar-refractivity contribution in [3.8, 4) is 0 Å². The van der Waals surface area contributed by atoms with E-state index in [1.165, 1.54) is 44.9 Å². The molecule has 3 atom stereocenters. The minimum atomic E-state index is -0.660. The highest BCUT2D eigenvalue weighted by molar-refractivity contribution is 6.30. The predicted octanol–water partition coefficient (Wildman–Crippen LogP) is 8.43. The van der Waals surface area contributed by atoms with Gasteiger partial charge in [0, 0.05) is 85.4 Å². The molecule has 0 bridgehead atoms. The van der Waals surface area contributed by atoms with Gasteiger partial charge in [0.15, 0.2) is 0 Å². The number of halogens is 2. The highest BCUT2D eigenvalue weighted by atomic mass is 35.5. The normalized spacial score (nSPS) is 23.2. The lowest BCUT2D eigenvalue weighted by molar-refractivity contribution is -0.144. The summed E-state index contributed by atoms with van der Waals surface area (Å²) < 4.78 is 0. The van der Waals surface area contributed by atoms with E-state index in [0.717, 1.165) is 81.9 Å². The van der Waals surface area contributed by atoms with Crippen molar-refractivity contribution in [3.63, 3.8) is 0 Å². The Kier molecular flexibility index (Phi) is 19.8. The molecule has 3 saturated carbocycles. The minimum Gasteiger partial charge on any atom is -0.344 e. The van der Waals surface area contributed by atoms with Crippen LogP contribution in [0.1, 0.15) is 147 Å². The maximum absolute atomic E-state index is 13.7. The zero-order valence-corrected chi connectivity index (χ0v) is 43.5. The number of Topliss-reactive ketones (excluding diaryl/α,β-unsaturated/α-hetero) is 2. The number of carbonyl (C=O) groups is 6. The molecule has 0 aromatic heterocycles. The molecule has 4 amide bonds. The summed E-state index contributed by atoms with van der Waals surface area (Å²) in [6, 6.07) is 13.3. The summed E-state index contributed by atoms with van der Waals surface area (Å²) in [7, 11) is 0. The lowest BCUT2D eigenvalue weighted by atomic mass is 9.62. The third-order valence-corrected chi connectivity index (χ3v) is 17.9. The highest BCUT2D eigenvalue weighted by Gasteiger charge is 2.48. The third kappa shape index (κ3) is 13.8. The highest BCUT2D eigenvalue weighted by Crippen LogP contribution is 2.48. The largest absolute Gasteiger partial charge is 0.344 e. The van der Waals surface area contributed by atoms with E-state index in [1.54, 1.807) is 26.0 Å². The predicted molar refractivity (Wildman–Crippen MR) is 276 cm³/mol. The van der Waals surface area contributed by atoms with E-state index in [1.807, 2.05) is 46.2 Å². The molecular formula is C56H80Cl2N6O6. The van der Waals surface area contributed by atoms with Gasteiger partial charge in [0.05, 0.1) is 6.04 Å². The fraction of sp³-hybridized carbons (Fsp3) is 0.679. The van der Waals surface area contributed by atoms with E-state index in [0.29, 0.717) is 92.6 Å². The van der Waals surface area contributed by atoms with Crippen molar-refractivity contribution >= 4 is 58.4 Å². The van der Waals surface area contributed by atoms with Crippen LogP contribution in [-0.2, 0) is 41.6 Å². The van der Waals surface area contributed by atoms with Crippen molar-refractivity contribution in [2.45, 2.75) is 167 Å². The molecule has 8 rings (SSSR count). The van der Waals surface area contributed by atoms with Gasteiger partial charge in [0.2, 0.25) is 23.6 Å². The number of likely N-dealkylation sites (tertiary alicyclic amines) is 2. The van der Waals surface area contributed by atoms with Crippen LogP contribution in [0.15, 0.2) is 48.5 Å². The number of benzene rings is 2. The molecule has 6 aliphatic rings. The Morgan fingerprint density at radius 3 is 1.31 bits per heavy atom. The number of ketones is 2. The second-order valence-corrected chi connectivity index (χ2v) is 22.4. The van der Waals surface area contributed by atoms with E-state index in [4.69, 9.17) is 23.2 Å².